The number of hydrogen-bond acceptors (Lipinski definition) is 1. The Bertz CT molecular complexity index is 174. The number of fused-ring (bicyclic) bond motifs is 1. The summed E-state index contributed by atoms with van der Waals surface area (Å²) in [4.78, 5) is 11.4. The minimum absolute atomic E-state index is 0.207. The molecule has 1 nitrogen and oxygen atoms in total. The summed E-state index contributed by atoms with van der Waals surface area (Å²) in [7, 11) is 0. The lowest BCUT2D eigenvalue weighted by Crippen LogP contribution is -2.20. The average molecular weight is 138 g/mol. The zero-order chi connectivity index (χ0) is 7.19. The van der Waals surface area contributed by atoms with Crippen LogP contribution < -0.4 is 0 Å². The lowest BCUT2D eigenvalue weighted by Gasteiger charge is -2.18. The summed E-state index contributed by atoms with van der Waals surface area (Å²) < 4.78 is 0. The predicted octanol–water partition coefficient (Wildman–Crippen LogP) is 2.16. The molecule has 0 heterocycles. The fraction of sp³-hybridized carbons (Fsp3) is 0.889. The second kappa shape index (κ2) is 1.84. The van der Waals surface area contributed by atoms with Crippen LogP contribution in [-0.4, -0.2) is 5.78 Å². The van der Waals surface area contributed by atoms with Crippen molar-refractivity contribution in [3.63, 3.8) is 0 Å². The molecule has 2 unspecified atom stereocenters. The molecule has 56 valence electrons. The molecule has 2 atom stereocenters. The van der Waals surface area contributed by atoms with Crippen LogP contribution in [0.5, 0.6) is 0 Å². The number of Topliss-reactive ketones (excluding diaryl/α,β-unsaturated/α-hetero) is 1. The average Bonchev–Trinajstić information content (AvgIpc) is 2.65. The largest absolute Gasteiger partial charge is 0.299 e. The fourth-order valence-electron chi connectivity index (χ4n) is 2.49. The molecule has 2 aliphatic carbocycles. The number of carbonyl (C=O) groups is 1. The van der Waals surface area contributed by atoms with E-state index >= 15 is 0 Å². The maximum Gasteiger partial charge on any atom is 0.139 e. The minimum atomic E-state index is 0.207. The lowest BCUT2D eigenvalue weighted by molar-refractivity contribution is -0.126. The Morgan fingerprint density at radius 2 is 2.50 bits per heavy atom. The number of rotatable bonds is 1. The van der Waals surface area contributed by atoms with Crippen molar-refractivity contribution in [2.75, 3.05) is 0 Å². The second-order valence-corrected chi connectivity index (χ2v) is 3.73. The first-order valence-electron chi connectivity index (χ1n) is 4.33. The Hall–Kier alpha value is -0.330. The molecular weight excluding hydrogens is 124 g/mol. The van der Waals surface area contributed by atoms with Gasteiger partial charge in [-0.15, -0.1) is 0 Å². The summed E-state index contributed by atoms with van der Waals surface area (Å²) in [5.41, 5.74) is 0.207. The molecule has 0 N–H and O–H groups in total. The summed E-state index contributed by atoms with van der Waals surface area (Å²) in [5.74, 6) is 1.35. The maximum atomic E-state index is 11.4. The molecule has 0 aromatic rings. The first kappa shape index (κ1) is 6.38. The van der Waals surface area contributed by atoms with E-state index in [2.05, 4.69) is 6.92 Å². The highest BCUT2D eigenvalue weighted by Gasteiger charge is 2.58. The van der Waals surface area contributed by atoms with Gasteiger partial charge in [0.2, 0.25) is 0 Å². The van der Waals surface area contributed by atoms with E-state index in [0.29, 0.717) is 5.78 Å². The minimum Gasteiger partial charge on any atom is -0.299 e. The van der Waals surface area contributed by atoms with Gasteiger partial charge in [0, 0.05) is 11.8 Å². The molecule has 0 aromatic carbocycles. The normalized spacial score (nSPS) is 44.9. The van der Waals surface area contributed by atoms with Gasteiger partial charge >= 0.3 is 0 Å². The van der Waals surface area contributed by atoms with Gasteiger partial charge in [-0.1, -0.05) is 6.92 Å². The van der Waals surface area contributed by atoms with E-state index in [1.807, 2.05) is 0 Å². The Labute approximate surface area is 61.8 Å². The van der Waals surface area contributed by atoms with E-state index in [-0.39, 0.29) is 5.41 Å². The zero-order valence-electron chi connectivity index (χ0n) is 6.52. The van der Waals surface area contributed by atoms with Crippen molar-refractivity contribution in [1.82, 2.24) is 0 Å². The van der Waals surface area contributed by atoms with E-state index in [1.165, 1.54) is 12.8 Å². The summed E-state index contributed by atoms with van der Waals surface area (Å²) in [5, 5.41) is 0. The van der Waals surface area contributed by atoms with Gasteiger partial charge < -0.3 is 0 Å². The molecule has 1 heteroatoms. The van der Waals surface area contributed by atoms with E-state index in [9.17, 15) is 4.79 Å². The van der Waals surface area contributed by atoms with E-state index in [1.54, 1.807) is 0 Å². The first-order valence-corrected chi connectivity index (χ1v) is 4.33. The van der Waals surface area contributed by atoms with Gasteiger partial charge in [0.05, 0.1) is 0 Å². The van der Waals surface area contributed by atoms with Gasteiger partial charge in [-0.25, -0.2) is 0 Å². The maximum absolute atomic E-state index is 11.4. The van der Waals surface area contributed by atoms with Gasteiger partial charge in [-0.05, 0) is 31.6 Å². The Kier molecular flexibility index (Phi) is 1.17. The monoisotopic (exact) mass is 138 g/mol. The molecular formula is C9H14O. The smallest absolute Gasteiger partial charge is 0.139 e. The Morgan fingerprint density at radius 1 is 1.70 bits per heavy atom. The quantitative estimate of drug-likeness (QED) is 0.542. The van der Waals surface area contributed by atoms with E-state index in [0.717, 1.165) is 25.2 Å². The van der Waals surface area contributed by atoms with Crippen LogP contribution in [0.15, 0.2) is 0 Å². The molecule has 0 aromatic heterocycles. The number of hydrogen-bond donors (Lipinski definition) is 0. The van der Waals surface area contributed by atoms with Crippen LogP contribution in [0.1, 0.15) is 39.0 Å². The van der Waals surface area contributed by atoms with Crippen molar-refractivity contribution in [1.29, 1.82) is 0 Å². The standard InChI is InChI=1S/C9H14O/c1-2-9-6-7(9)4-3-5-8(9)10/h7H,2-6H2,1H3. The van der Waals surface area contributed by atoms with Crippen LogP contribution in [0.25, 0.3) is 0 Å². The van der Waals surface area contributed by atoms with Crippen LogP contribution in [0, 0.1) is 11.3 Å². The lowest BCUT2D eigenvalue weighted by atomic mass is 9.85. The van der Waals surface area contributed by atoms with Crippen molar-refractivity contribution in [2.45, 2.75) is 39.0 Å². The Balaban J connectivity index is 2.17. The molecule has 0 bridgehead atoms. The molecule has 0 radical (unpaired) electrons. The van der Waals surface area contributed by atoms with Gasteiger partial charge in [0.1, 0.15) is 5.78 Å². The fourth-order valence-corrected chi connectivity index (χ4v) is 2.49. The summed E-state index contributed by atoms with van der Waals surface area (Å²) in [6.07, 6.45) is 5.65. The molecule has 0 amide bonds. The third kappa shape index (κ3) is 0.609. The summed E-state index contributed by atoms with van der Waals surface area (Å²) in [6, 6.07) is 0. The summed E-state index contributed by atoms with van der Waals surface area (Å²) >= 11 is 0. The number of carbonyl (C=O) groups excluding carboxylic acids is 1. The molecule has 2 rings (SSSR count). The van der Waals surface area contributed by atoms with Crippen molar-refractivity contribution < 1.29 is 4.79 Å². The number of ketones is 1. The van der Waals surface area contributed by atoms with Crippen molar-refractivity contribution >= 4 is 5.78 Å². The second-order valence-electron chi connectivity index (χ2n) is 3.73. The molecule has 2 saturated carbocycles. The van der Waals surface area contributed by atoms with E-state index in [4.69, 9.17) is 0 Å². The van der Waals surface area contributed by atoms with Crippen molar-refractivity contribution in [3.8, 4) is 0 Å². The van der Waals surface area contributed by atoms with E-state index < -0.39 is 0 Å². The highest BCUT2D eigenvalue weighted by Crippen LogP contribution is 2.61. The van der Waals surface area contributed by atoms with Gasteiger partial charge in [0.25, 0.3) is 0 Å². The van der Waals surface area contributed by atoms with Crippen LogP contribution in [-0.2, 0) is 4.79 Å². The molecule has 2 aliphatic rings. The molecule has 0 spiro atoms. The van der Waals surface area contributed by atoms with Gasteiger partial charge in [-0.2, -0.15) is 0 Å². The highest BCUT2D eigenvalue weighted by molar-refractivity contribution is 5.88. The third-order valence-corrected chi connectivity index (χ3v) is 3.37. The Morgan fingerprint density at radius 3 is 3.00 bits per heavy atom. The molecule has 0 aliphatic heterocycles. The van der Waals surface area contributed by atoms with Crippen LogP contribution in [0.3, 0.4) is 0 Å². The topological polar surface area (TPSA) is 17.1 Å². The van der Waals surface area contributed by atoms with Crippen molar-refractivity contribution in [3.05, 3.63) is 0 Å². The molecule has 0 saturated heterocycles. The molecule has 2 fully saturated rings. The summed E-state index contributed by atoms with van der Waals surface area (Å²) in [6.45, 7) is 2.16. The van der Waals surface area contributed by atoms with Crippen molar-refractivity contribution in [2.24, 2.45) is 11.3 Å². The third-order valence-electron chi connectivity index (χ3n) is 3.37. The highest BCUT2D eigenvalue weighted by atomic mass is 16.1. The SMILES string of the molecule is CCC12CC1CCCC2=O. The zero-order valence-corrected chi connectivity index (χ0v) is 6.52. The van der Waals surface area contributed by atoms with Crippen LogP contribution in [0.4, 0.5) is 0 Å². The predicted molar refractivity (Wildman–Crippen MR) is 39.7 cm³/mol. The molecule has 10 heavy (non-hydrogen) atoms. The van der Waals surface area contributed by atoms with Gasteiger partial charge in [0.15, 0.2) is 0 Å². The van der Waals surface area contributed by atoms with Crippen LogP contribution >= 0.6 is 0 Å². The van der Waals surface area contributed by atoms with Gasteiger partial charge in [-0.3, -0.25) is 4.79 Å². The van der Waals surface area contributed by atoms with Crippen LogP contribution in [0.2, 0.25) is 0 Å². The first-order chi connectivity index (χ1) is 4.79.